The number of ether oxygens (including phenoxy) is 1. The molecule has 38 heavy (non-hydrogen) atoms. The fourth-order valence-electron chi connectivity index (χ4n) is 5.79. The molecule has 1 aliphatic rings. The molecule has 0 saturated carbocycles. The van der Waals surface area contributed by atoms with Crippen LogP contribution in [0.5, 0.6) is 11.5 Å². The van der Waals surface area contributed by atoms with Gasteiger partial charge in [-0.3, -0.25) is 0 Å². The normalized spacial score (nSPS) is 13.5. The lowest BCUT2D eigenvalue weighted by Gasteiger charge is -2.34. The summed E-state index contributed by atoms with van der Waals surface area (Å²) < 4.78 is 8.64. The molecule has 0 bridgehead atoms. The van der Waals surface area contributed by atoms with Gasteiger partial charge in [-0.25, -0.2) is 0 Å². The number of rotatable bonds is 2. The highest BCUT2D eigenvalue weighted by atomic mass is 35.5. The predicted molar refractivity (Wildman–Crippen MR) is 155 cm³/mol. The van der Waals surface area contributed by atoms with Crippen molar-refractivity contribution in [2.45, 2.75) is 19.3 Å². The fourth-order valence-corrected chi connectivity index (χ4v) is 5.95. The fraction of sp³-hybridized carbons (Fsp3) is 0.0882. The number of aromatic nitrogens is 1. The Labute approximate surface area is 226 Å². The molecule has 3 nitrogen and oxygen atoms in total. The SMILES string of the molecule is CC1(C)c2ccc(Cl)cc2Oc2cc(-c3ccc4c(c3)c3cc(C#N)ccc3n4-c3ccccc3)ccc21. The van der Waals surface area contributed by atoms with Gasteiger partial charge in [0.05, 0.1) is 22.7 Å². The predicted octanol–water partition coefficient (Wildman–Crippen LogP) is 9.41. The molecule has 6 aromatic rings. The molecule has 0 radical (unpaired) electrons. The van der Waals surface area contributed by atoms with Crippen LogP contribution in [0.3, 0.4) is 0 Å². The number of nitrogens with zero attached hydrogens (tertiary/aromatic N) is 2. The Kier molecular flexibility index (Phi) is 4.92. The van der Waals surface area contributed by atoms with Crippen molar-refractivity contribution in [3.8, 4) is 34.4 Å². The third kappa shape index (κ3) is 3.35. The van der Waals surface area contributed by atoms with E-state index in [4.69, 9.17) is 16.3 Å². The monoisotopic (exact) mass is 510 g/mol. The Morgan fingerprint density at radius 3 is 2.11 bits per heavy atom. The zero-order valence-corrected chi connectivity index (χ0v) is 21.8. The molecule has 0 aliphatic carbocycles. The van der Waals surface area contributed by atoms with Crippen LogP contribution in [0.4, 0.5) is 0 Å². The van der Waals surface area contributed by atoms with Gasteiger partial charge >= 0.3 is 0 Å². The van der Waals surface area contributed by atoms with Crippen LogP contribution >= 0.6 is 11.6 Å². The second kappa shape index (κ2) is 8.25. The maximum absolute atomic E-state index is 9.59. The molecule has 5 aromatic carbocycles. The van der Waals surface area contributed by atoms with Crippen LogP contribution in [0.1, 0.15) is 30.5 Å². The van der Waals surface area contributed by atoms with Gasteiger partial charge in [0, 0.05) is 38.0 Å². The minimum Gasteiger partial charge on any atom is -0.457 e. The molecule has 4 heteroatoms. The molecule has 2 heterocycles. The Morgan fingerprint density at radius 2 is 1.34 bits per heavy atom. The number of hydrogen-bond acceptors (Lipinski definition) is 2. The standard InChI is InChI=1S/C34H23ClN2O/c1-34(2)28-12-9-23(18-32(28)38-33-19-24(35)11-13-29(33)34)22-10-15-31-27(17-22)26-16-21(20-36)8-14-30(26)37(31)25-6-4-3-5-7-25/h3-19H,1-2H3. The minimum atomic E-state index is -0.202. The van der Waals surface area contributed by atoms with Gasteiger partial charge in [0.2, 0.25) is 0 Å². The molecule has 0 unspecified atom stereocenters. The van der Waals surface area contributed by atoms with Gasteiger partial charge < -0.3 is 9.30 Å². The number of fused-ring (bicyclic) bond motifs is 5. The van der Waals surface area contributed by atoms with Crippen molar-refractivity contribution in [3.63, 3.8) is 0 Å². The molecular formula is C34H23ClN2O. The van der Waals surface area contributed by atoms with E-state index in [0.717, 1.165) is 61.2 Å². The third-order valence-corrected chi connectivity index (χ3v) is 7.97. The average molecular weight is 511 g/mol. The second-order valence-electron chi connectivity index (χ2n) is 10.3. The van der Waals surface area contributed by atoms with Crippen LogP contribution in [0.15, 0.2) is 103 Å². The summed E-state index contributed by atoms with van der Waals surface area (Å²) in [7, 11) is 0. The van der Waals surface area contributed by atoms with Gasteiger partial charge in [-0.2, -0.15) is 5.26 Å². The van der Waals surface area contributed by atoms with Crippen molar-refractivity contribution in [1.82, 2.24) is 4.57 Å². The van der Waals surface area contributed by atoms with Crippen molar-refractivity contribution < 1.29 is 4.74 Å². The highest BCUT2D eigenvalue weighted by Crippen LogP contribution is 2.49. The molecule has 1 aliphatic heterocycles. The summed E-state index contributed by atoms with van der Waals surface area (Å²) in [4.78, 5) is 0. The molecule has 0 atom stereocenters. The average Bonchev–Trinajstić information content (AvgIpc) is 3.26. The number of halogens is 1. The third-order valence-electron chi connectivity index (χ3n) is 7.73. The molecule has 0 spiro atoms. The summed E-state index contributed by atoms with van der Waals surface area (Å²) in [6.45, 7) is 4.44. The van der Waals surface area contributed by atoms with E-state index in [2.05, 4.69) is 79.1 Å². The lowest BCUT2D eigenvalue weighted by atomic mass is 9.75. The zero-order chi connectivity index (χ0) is 26.0. The topological polar surface area (TPSA) is 37.9 Å². The van der Waals surface area contributed by atoms with E-state index in [1.54, 1.807) is 0 Å². The van der Waals surface area contributed by atoms with E-state index >= 15 is 0 Å². The maximum atomic E-state index is 9.59. The van der Waals surface area contributed by atoms with E-state index in [-0.39, 0.29) is 5.41 Å². The van der Waals surface area contributed by atoms with Crippen LogP contribution in [0.2, 0.25) is 5.02 Å². The highest BCUT2D eigenvalue weighted by molar-refractivity contribution is 6.30. The van der Waals surface area contributed by atoms with Gasteiger partial charge in [-0.1, -0.05) is 67.9 Å². The first kappa shape index (κ1) is 22.7. The summed E-state index contributed by atoms with van der Waals surface area (Å²) >= 11 is 6.29. The molecule has 0 fully saturated rings. The Hall–Kier alpha value is -4.52. The summed E-state index contributed by atoms with van der Waals surface area (Å²) in [5, 5.41) is 12.4. The summed E-state index contributed by atoms with van der Waals surface area (Å²) in [5.41, 5.74) is 8.16. The van der Waals surface area contributed by atoms with Crippen LogP contribution in [0, 0.1) is 11.3 Å². The van der Waals surface area contributed by atoms with Gasteiger partial charge in [-0.05, 0) is 71.8 Å². The molecule has 0 saturated heterocycles. The minimum absolute atomic E-state index is 0.202. The van der Waals surface area contributed by atoms with Crippen LogP contribution < -0.4 is 4.74 Å². The maximum Gasteiger partial charge on any atom is 0.133 e. The van der Waals surface area contributed by atoms with E-state index in [1.165, 1.54) is 0 Å². The summed E-state index contributed by atoms with van der Waals surface area (Å²) in [5.74, 6) is 1.65. The molecule has 7 rings (SSSR count). The molecular weight excluding hydrogens is 488 g/mol. The van der Waals surface area contributed by atoms with Crippen molar-refractivity contribution in [2.75, 3.05) is 0 Å². The Bertz CT molecular complexity index is 1940. The quantitative estimate of drug-likeness (QED) is 0.232. The van der Waals surface area contributed by atoms with Crippen LogP contribution in [-0.2, 0) is 5.41 Å². The van der Waals surface area contributed by atoms with E-state index < -0.39 is 0 Å². The second-order valence-corrected chi connectivity index (χ2v) is 10.8. The van der Waals surface area contributed by atoms with Gasteiger partial charge in [0.25, 0.3) is 0 Å². The lowest BCUT2D eigenvalue weighted by molar-refractivity contribution is 0.418. The van der Waals surface area contributed by atoms with Crippen molar-refractivity contribution >= 4 is 33.4 Å². The van der Waals surface area contributed by atoms with E-state index in [0.29, 0.717) is 10.6 Å². The van der Waals surface area contributed by atoms with Crippen molar-refractivity contribution in [3.05, 3.63) is 125 Å². The Balaban J connectivity index is 1.41. The number of para-hydroxylation sites is 1. The number of nitriles is 1. The van der Waals surface area contributed by atoms with Crippen LogP contribution in [-0.4, -0.2) is 4.57 Å². The first-order valence-electron chi connectivity index (χ1n) is 12.6. The summed E-state index contributed by atoms with van der Waals surface area (Å²) in [6, 6.07) is 37.4. The van der Waals surface area contributed by atoms with E-state index in [9.17, 15) is 5.26 Å². The van der Waals surface area contributed by atoms with Gasteiger partial charge in [0.1, 0.15) is 11.5 Å². The lowest BCUT2D eigenvalue weighted by Crippen LogP contribution is -2.24. The van der Waals surface area contributed by atoms with Gasteiger partial charge in [-0.15, -0.1) is 0 Å². The molecule has 1 aromatic heterocycles. The van der Waals surface area contributed by atoms with Crippen LogP contribution in [0.25, 0.3) is 38.6 Å². The highest BCUT2D eigenvalue weighted by Gasteiger charge is 2.34. The van der Waals surface area contributed by atoms with E-state index in [1.807, 2.05) is 48.5 Å². The first-order chi connectivity index (χ1) is 18.4. The largest absolute Gasteiger partial charge is 0.457 e. The number of benzene rings is 5. The molecule has 0 N–H and O–H groups in total. The van der Waals surface area contributed by atoms with Gasteiger partial charge in [0.15, 0.2) is 0 Å². The summed E-state index contributed by atoms with van der Waals surface area (Å²) in [6.07, 6.45) is 0. The Morgan fingerprint density at radius 1 is 0.711 bits per heavy atom. The van der Waals surface area contributed by atoms with Crippen molar-refractivity contribution in [2.24, 2.45) is 0 Å². The smallest absolute Gasteiger partial charge is 0.133 e. The number of hydrogen-bond donors (Lipinski definition) is 0. The molecule has 182 valence electrons. The van der Waals surface area contributed by atoms with Crippen molar-refractivity contribution in [1.29, 1.82) is 5.26 Å². The molecule has 0 amide bonds. The zero-order valence-electron chi connectivity index (χ0n) is 21.0. The first-order valence-corrected chi connectivity index (χ1v) is 13.0.